The van der Waals surface area contributed by atoms with Gasteiger partial charge in [-0.2, -0.15) is 13.2 Å². The minimum atomic E-state index is -4.85. The van der Waals surface area contributed by atoms with Crippen molar-refractivity contribution >= 4 is 11.8 Å². The van der Waals surface area contributed by atoms with E-state index in [1.54, 1.807) is 4.90 Å². The van der Waals surface area contributed by atoms with Gasteiger partial charge in [-0.1, -0.05) is 30.3 Å². The molecule has 1 aromatic carbocycles. The van der Waals surface area contributed by atoms with Gasteiger partial charge in [-0.05, 0) is 25.3 Å². The highest BCUT2D eigenvalue weighted by Gasteiger charge is 2.43. The molecule has 4 nitrogen and oxygen atoms in total. The van der Waals surface area contributed by atoms with Gasteiger partial charge in [0.25, 0.3) is 0 Å². The predicted molar refractivity (Wildman–Crippen MR) is 82.9 cm³/mol. The number of halogens is 3. The van der Waals surface area contributed by atoms with E-state index in [1.165, 1.54) is 0 Å². The Bertz CT molecular complexity index is 567. The van der Waals surface area contributed by atoms with Gasteiger partial charge in [0.2, 0.25) is 5.91 Å². The van der Waals surface area contributed by atoms with E-state index in [1.807, 2.05) is 37.3 Å². The Labute approximate surface area is 139 Å². The minimum absolute atomic E-state index is 0.0301. The smallest absolute Gasteiger partial charge is 0.338 e. The first kappa shape index (κ1) is 18.3. The van der Waals surface area contributed by atoms with E-state index in [-0.39, 0.29) is 37.8 Å². The third-order valence-electron chi connectivity index (χ3n) is 4.28. The Kier molecular flexibility index (Phi) is 5.85. The van der Waals surface area contributed by atoms with Crippen LogP contribution in [-0.4, -0.2) is 47.4 Å². The summed E-state index contributed by atoms with van der Waals surface area (Å²) in [6.07, 6.45) is -4.31. The molecule has 0 N–H and O–H groups in total. The first-order chi connectivity index (χ1) is 11.3. The fourth-order valence-corrected chi connectivity index (χ4v) is 2.92. The van der Waals surface area contributed by atoms with Gasteiger partial charge in [-0.25, -0.2) is 0 Å². The molecular formula is C17H21F3N2O2. The summed E-state index contributed by atoms with van der Waals surface area (Å²) >= 11 is 0. The molecule has 0 saturated carbocycles. The lowest BCUT2D eigenvalue weighted by Gasteiger charge is -2.34. The van der Waals surface area contributed by atoms with Crippen LogP contribution in [-0.2, 0) is 16.1 Å². The average molecular weight is 342 g/mol. The standard InChI is InChI=1S/C17H21F3N2O2/c1-2-21(12-13-6-4-3-5-7-13)15(23)14-8-10-22(11-9-14)16(24)17(18,19)20/h3-7,14H,2,8-12H2,1H3. The second kappa shape index (κ2) is 7.68. The molecule has 132 valence electrons. The van der Waals surface area contributed by atoms with Gasteiger partial charge >= 0.3 is 12.1 Å². The van der Waals surface area contributed by atoms with E-state index in [0.717, 1.165) is 10.5 Å². The molecule has 1 aromatic rings. The highest BCUT2D eigenvalue weighted by molar-refractivity contribution is 5.83. The molecule has 24 heavy (non-hydrogen) atoms. The van der Waals surface area contributed by atoms with Crippen LogP contribution in [0, 0.1) is 5.92 Å². The van der Waals surface area contributed by atoms with E-state index in [9.17, 15) is 22.8 Å². The van der Waals surface area contributed by atoms with Gasteiger partial charge in [0, 0.05) is 32.1 Å². The van der Waals surface area contributed by atoms with Crippen molar-refractivity contribution in [1.82, 2.24) is 9.80 Å². The Morgan fingerprint density at radius 3 is 2.25 bits per heavy atom. The number of piperidine rings is 1. The van der Waals surface area contributed by atoms with Crippen molar-refractivity contribution in [3.8, 4) is 0 Å². The number of carbonyl (C=O) groups excluding carboxylic acids is 2. The number of hydrogen-bond acceptors (Lipinski definition) is 2. The molecule has 2 amide bonds. The summed E-state index contributed by atoms with van der Waals surface area (Å²) in [6.45, 7) is 2.84. The molecule has 1 fully saturated rings. The molecule has 0 atom stereocenters. The quantitative estimate of drug-likeness (QED) is 0.844. The average Bonchev–Trinajstić information content (AvgIpc) is 2.58. The molecule has 1 aliphatic heterocycles. The molecule has 1 heterocycles. The number of rotatable bonds is 4. The third-order valence-corrected chi connectivity index (χ3v) is 4.28. The zero-order chi connectivity index (χ0) is 17.7. The highest BCUT2D eigenvalue weighted by Crippen LogP contribution is 2.25. The van der Waals surface area contributed by atoms with E-state index >= 15 is 0 Å². The first-order valence-electron chi connectivity index (χ1n) is 8.01. The zero-order valence-electron chi connectivity index (χ0n) is 13.6. The molecule has 1 saturated heterocycles. The highest BCUT2D eigenvalue weighted by atomic mass is 19.4. The van der Waals surface area contributed by atoms with Gasteiger partial charge in [0.15, 0.2) is 0 Å². The van der Waals surface area contributed by atoms with E-state index in [4.69, 9.17) is 0 Å². The molecule has 1 aliphatic rings. The lowest BCUT2D eigenvalue weighted by molar-refractivity contribution is -0.187. The van der Waals surface area contributed by atoms with Crippen molar-refractivity contribution in [3.05, 3.63) is 35.9 Å². The van der Waals surface area contributed by atoms with Crippen molar-refractivity contribution < 1.29 is 22.8 Å². The molecule has 7 heteroatoms. The third kappa shape index (κ3) is 4.49. The molecule has 0 bridgehead atoms. The Hall–Kier alpha value is -2.05. The fourth-order valence-electron chi connectivity index (χ4n) is 2.92. The van der Waals surface area contributed by atoms with Gasteiger partial charge in [-0.3, -0.25) is 9.59 Å². The Morgan fingerprint density at radius 1 is 1.17 bits per heavy atom. The second-order valence-electron chi connectivity index (χ2n) is 5.90. The summed E-state index contributed by atoms with van der Waals surface area (Å²) in [4.78, 5) is 26.3. The van der Waals surface area contributed by atoms with E-state index in [2.05, 4.69) is 0 Å². The van der Waals surface area contributed by atoms with Crippen LogP contribution < -0.4 is 0 Å². The van der Waals surface area contributed by atoms with Crippen molar-refractivity contribution in [2.45, 2.75) is 32.5 Å². The minimum Gasteiger partial charge on any atom is -0.338 e. The van der Waals surface area contributed by atoms with E-state index < -0.39 is 12.1 Å². The summed E-state index contributed by atoms with van der Waals surface area (Å²) in [5.41, 5.74) is 1.01. The number of carbonyl (C=O) groups is 2. The lowest BCUT2D eigenvalue weighted by atomic mass is 9.95. The number of benzene rings is 1. The molecule has 2 rings (SSSR count). The molecule has 0 radical (unpaired) electrons. The SMILES string of the molecule is CCN(Cc1ccccc1)C(=O)C1CCN(C(=O)C(F)(F)F)CC1. The molecule has 0 spiro atoms. The zero-order valence-corrected chi connectivity index (χ0v) is 13.6. The molecule has 0 aliphatic carbocycles. The maximum atomic E-state index is 12.6. The largest absolute Gasteiger partial charge is 0.471 e. The van der Waals surface area contributed by atoms with Crippen LogP contribution >= 0.6 is 0 Å². The maximum absolute atomic E-state index is 12.6. The van der Waals surface area contributed by atoms with Gasteiger partial charge < -0.3 is 9.80 Å². The van der Waals surface area contributed by atoms with Crippen LogP contribution in [0.4, 0.5) is 13.2 Å². The van der Waals surface area contributed by atoms with Crippen molar-refractivity contribution in [2.24, 2.45) is 5.92 Å². The van der Waals surface area contributed by atoms with E-state index in [0.29, 0.717) is 13.1 Å². The number of nitrogens with zero attached hydrogens (tertiary/aromatic N) is 2. The number of alkyl halides is 3. The van der Waals surface area contributed by atoms with Gasteiger partial charge in [0.05, 0.1) is 0 Å². The van der Waals surface area contributed by atoms with Crippen LogP contribution in [0.3, 0.4) is 0 Å². The monoisotopic (exact) mass is 342 g/mol. The Morgan fingerprint density at radius 2 is 1.75 bits per heavy atom. The molecular weight excluding hydrogens is 321 g/mol. The normalized spacial score (nSPS) is 16.1. The first-order valence-corrected chi connectivity index (χ1v) is 8.01. The predicted octanol–water partition coefficient (Wildman–Crippen LogP) is 2.84. The van der Waals surface area contributed by atoms with Crippen LogP contribution in [0.15, 0.2) is 30.3 Å². The second-order valence-corrected chi connectivity index (χ2v) is 5.90. The number of likely N-dealkylation sites (tertiary alicyclic amines) is 1. The van der Waals surface area contributed by atoms with Crippen molar-refractivity contribution in [1.29, 1.82) is 0 Å². The Balaban J connectivity index is 1.92. The summed E-state index contributed by atoms with van der Waals surface area (Å²) in [5, 5.41) is 0. The van der Waals surface area contributed by atoms with Gasteiger partial charge in [-0.15, -0.1) is 0 Å². The summed E-state index contributed by atoms with van der Waals surface area (Å²) in [6, 6.07) is 9.56. The maximum Gasteiger partial charge on any atom is 0.471 e. The number of amides is 2. The van der Waals surface area contributed by atoms with Crippen LogP contribution in [0.1, 0.15) is 25.3 Å². The fraction of sp³-hybridized carbons (Fsp3) is 0.529. The summed E-state index contributed by atoms with van der Waals surface area (Å²) in [7, 11) is 0. The summed E-state index contributed by atoms with van der Waals surface area (Å²) in [5.74, 6) is -2.20. The summed E-state index contributed by atoms with van der Waals surface area (Å²) < 4.78 is 37.3. The molecule has 0 aromatic heterocycles. The van der Waals surface area contributed by atoms with Crippen LogP contribution in [0.5, 0.6) is 0 Å². The molecule has 0 unspecified atom stereocenters. The topological polar surface area (TPSA) is 40.6 Å². The van der Waals surface area contributed by atoms with Crippen molar-refractivity contribution in [3.63, 3.8) is 0 Å². The van der Waals surface area contributed by atoms with Crippen LogP contribution in [0.25, 0.3) is 0 Å². The van der Waals surface area contributed by atoms with Crippen molar-refractivity contribution in [2.75, 3.05) is 19.6 Å². The number of hydrogen-bond donors (Lipinski definition) is 0. The lowest BCUT2D eigenvalue weighted by Crippen LogP contribution is -2.48. The van der Waals surface area contributed by atoms with Crippen LogP contribution in [0.2, 0.25) is 0 Å². The van der Waals surface area contributed by atoms with Gasteiger partial charge in [0.1, 0.15) is 0 Å².